The predicted octanol–water partition coefficient (Wildman–Crippen LogP) is 3.80. The first kappa shape index (κ1) is 18.7. The minimum atomic E-state index is -4.56. The molecule has 0 saturated carbocycles. The third-order valence-electron chi connectivity index (χ3n) is 3.26. The second kappa shape index (κ2) is 7.09. The summed E-state index contributed by atoms with van der Waals surface area (Å²) in [5.74, 6) is -0.564. The molecule has 0 saturated heterocycles. The molecule has 0 aliphatic rings. The molecule has 0 unspecified atom stereocenters. The van der Waals surface area contributed by atoms with Crippen LogP contribution in [0.5, 0.6) is 0 Å². The van der Waals surface area contributed by atoms with E-state index in [4.69, 9.17) is 11.6 Å². The van der Waals surface area contributed by atoms with E-state index in [0.29, 0.717) is 0 Å². The zero-order valence-corrected chi connectivity index (χ0v) is 13.6. The highest BCUT2D eigenvalue weighted by Gasteiger charge is 2.34. The van der Waals surface area contributed by atoms with E-state index in [1.165, 1.54) is 19.1 Å². The molecule has 11 heteroatoms. The van der Waals surface area contributed by atoms with Crippen molar-refractivity contribution in [3.8, 4) is 0 Å². The quantitative estimate of drug-likeness (QED) is 0.634. The van der Waals surface area contributed by atoms with Gasteiger partial charge in [0.1, 0.15) is 0 Å². The van der Waals surface area contributed by atoms with Gasteiger partial charge in [-0.05, 0) is 19.1 Å². The van der Waals surface area contributed by atoms with Crippen LogP contribution in [-0.4, -0.2) is 20.6 Å². The van der Waals surface area contributed by atoms with Gasteiger partial charge in [-0.25, -0.2) is 0 Å². The Bertz CT molecular complexity index is 820. The molecular formula is C14H12ClF3N4O3. The molecule has 0 aliphatic carbocycles. The maximum absolute atomic E-state index is 12.6. The third kappa shape index (κ3) is 4.69. The Hall–Kier alpha value is -2.62. The van der Waals surface area contributed by atoms with Crippen LogP contribution in [0.25, 0.3) is 0 Å². The summed E-state index contributed by atoms with van der Waals surface area (Å²) in [7, 11) is 0. The lowest BCUT2D eigenvalue weighted by Gasteiger charge is -2.08. The lowest BCUT2D eigenvalue weighted by Crippen LogP contribution is -2.16. The number of amides is 1. The van der Waals surface area contributed by atoms with E-state index in [1.54, 1.807) is 0 Å². The molecule has 7 nitrogen and oxygen atoms in total. The van der Waals surface area contributed by atoms with Gasteiger partial charge in [-0.3, -0.25) is 19.6 Å². The van der Waals surface area contributed by atoms with Crippen LogP contribution in [0.1, 0.15) is 17.8 Å². The van der Waals surface area contributed by atoms with Gasteiger partial charge < -0.3 is 5.32 Å². The summed E-state index contributed by atoms with van der Waals surface area (Å²) in [5, 5.41) is 16.6. The Balaban J connectivity index is 2.03. The van der Waals surface area contributed by atoms with E-state index in [1.807, 2.05) is 0 Å². The number of aryl methyl sites for hydroxylation is 2. The van der Waals surface area contributed by atoms with Crippen molar-refractivity contribution in [2.75, 3.05) is 5.32 Å². The average Bonchev–Trinajstić information content (AvgIpc) is 2.88. The number of hydrogen-bond donors (Lipinski definition) is 1. The Morgan fingerprint density at radius 1 is 1.40 bits per heavy atom. The van der Waals surface area contributed by atoms with Gasteiger partial charge in [0.05, 0.1) is 15.6 Å². The number of aromatic nitrogens is 2. The summed E-state index contributed by atoms with van der Waals surface area (Å²) < 4.78 is 38.8. The van der Waals surface area contributed by atoms with Gasteiger partial charge in [0, 0.05) is 30.8 Å². The molecule has 1 N–H and O–H groups in total. The molecule has 1 amide bonds. The zero-order valence-electron chi connectivity index (χ0n) is 12.8. The van der Waals surface area contributed by atoms with Crippen LogP contribution in [0.15, 0.2) is 24.3 Å². The lowest BCUT2D eigenvalue weighted by atomic mass is 10.2. The Morgan fingerprint density at radius 2 is 2.08 bits per heavy atom. The monoisotopic (exact) mass is 376 g/mol. The number of anilines is 1. The molecule has 0 spiro atoms. The largest absolute Gasteiger partial charge is 0.435 e. The highest BCUT2D eigenvalue weighted by molar-refractivity contribution is 6.33. The number of carbonyl (C=O) groups excluding carboxylic acids is 1. The summed E-state index contributed by atoms with van der Waals surface area (Å²) in [6.45, 7) is 1.36. The number of benzene rings is 1. The number of alkyl halides is 3. The van der Waals surface area contributed by atoms with Gasteiger partial charge in [-0.1, -0.05) is 11.6 Å². The molecule has 0 bridgehead atoms. The molecule has 2 rings (SSSR count). The number of rotatable bonds is 5. The van der Waals surface area contributed by atoms with Crippen LogP contribution in [-0.2, 0) is 17.5 Å². The average molecular weight is 377 g/mol. The molecule has 0 fully saturated rings. The normalized spacial score (nSPS) is 11.4. The van der Waals surface area contributed by atoms with E-state index >= 15 is 0 Å². The van der Waals surface area contributed by atoms with Crippen LogP contribution in [0.3, 0.4) is 0 Å². The number of halogens is 4. The Labute approximate surface area is 144 Å². The van der Waals surface area contributed by atoms with Crippen molar-refractivity contribution in [3.05, 3.63) is 50.8 Å². The second-order valence-electron chi connectivity index (χ2n) is 5.11. The SMILES string of the molecule is Cc1cc(C(F)(F)F)nn1CCC(=O)Nc1cc([N+](=O)[O-])ccc1Cl. The first-order valence-electron chi connectivity index (χ1n) is 6.93. The Morgan fingerprint density at radius 3 is 2.64 bits per heavy atom. The fourth-order valence-corrected chi connectivity index (χ4v) is 2.18. The van der Waals surface area contributed by atoms with Crippen LogP contribution in [0, 0.1) is 17.0 Å². The second-order valence-corrected chi connectivity index (χ2v) is 5.52. The summed E-state index contributed by atoms with van der Waals surface area (Å²) in [5.41, 5.74) is -0.980. The van der Waals surface area contributed by atoms with Crippen molar-refractivity contribution in [2.24, 2.45) is 0 Å². The minimum Gasteiger partial charge on any atom is -0.325 e. The van der Waals surface area contributed by atoms with Crippen molar-refractivity contribution in [1.82, 2.24) is 9.78 Å². The highest BCUT2D eigenvalue weighted by Crippen LogP contribution is 2.29. The number of nitro benzene ring substituents is 1. The fourth-order valence-electron chi connectivity index (χ4n) is 2.02. The molecule has 1 aromatic heterocycles. The molecule has 134 valence electrons. The Kier molecular flexibility index (Phi) is 5.31. The van der Waals surface area contributed by atoms with Crippen molar-refractivity contribution >= 4 is 28.9 Å². The summed E-state index contributed by atoms with van der Waals surface area (Å²) in [4.78, 5) is 22.0. The molecule has 0 radical (unpaired) electrons. The van der Waals surface area contributed by atoms with Gasteiger partial charge in [0.2, 0.25) is 5.91 Å². The van der Waals surface area contributed by atoms with Crippen LogP contribution >= 0.6 is 11.6 Å². The van der Waals surface area contributed by atoms with Gasteiger partial charge >= 0.3 is 6.18 Å². The molecule has 1 aromatic carbocycles. The van der Waals surface area contributed by atoms with Crippen molar-refractivity contribution in [2.45, 2.75) is 26.1 Å². The van der Waals surface area contributed by atoms with E-state index in [9.17, 15) is 28.1 Å². The molecule has 0 aliphatic heterocycles. The minimum absolute atomic E-state index is 0.0500. The fraction of sp³-hybridized carbons (Fsp3) is 0.286. The lowest BCUT2D eigenvalue weighted by molar-refractivity contribution is -0.384. The third-order valence-corrected chi connectivity index (χ3v) is 3.59. The van der Waals surface area contributed by atoms with Crippen LogP contribution in [0.4, 0.5) is 24.5 Å². The molecule has 25 heavy (non-hydrogen) atoms. The van der Waals surface area contributed by atoms with Crippen LogP contribution in [0.2, 0.25) is 5.02 Å². The summed E-state index contributed by atoms with van der Waals surface area (Å²) in [6, 6.07) is 4.43. The van der Waals surface area contributed by atoms with E-state index < -0.39 is 22.7 Å². The van der Waals surface area contributed by atoms with Gasteiger partial charge in [0.15, 0.2) is 5.69 Å². The van der Waals surface area contributed by atoms with Crippen molar-refractivity contribution < 1.29 is 22.9 Å². The number of hydrogen-bond acceptors (Lipinski definition) is 4. The maximum Gasteiger partial charge on any atom is 0.435 e. The number of nitro groups is 1. The van der Waals surface area contributed by atoms with Gasteiger partial charge in [-0.2, -0.15) is 18.3 Å². The molecular weight excluding hydrogens is 365 g/mol. The molecule has 2 aromatic rings. The van der Waals surface area contributed by atoms with Crippen LogP contribution < -0.4 is 5.32 Å². The van der Waals surface area contributed by atoms with Crippen molar-refractivity contribution in [1.29, 1.82) is 0 Å². The summed E-state index contributed by atoms with van der Waals surface area (Å²) >= 11 is 5.86. The first-order valence-corrected chi connectivity index (χ1v) is 7.31. The van der Waals surface area contributed by atoms with Gasteiger partial charge in [-0.15, -0.1) is 0 Å². The number of nitrogens with zero attached hydrogens (tertiary/aromatic N) is 3. The predicted molar refractivity (Wildman–Crippen MR) is 83.3 cm³/mol. The zero-order chi connectivity index (χ0) is 18.8. The van der Waals surface area contributed by atoms with E-state index in [0.717, 1.165) is 16.8 Å². The number of nitrogens with one attached hydrogen (secondary N) is 1. The topological polar surface area (TPSA) is 90.1 Å². The van der Waals surface area contributed by atoms with E-state index in [-0.39, 0.29) is 35.1 Å². The van der Waals surface area contributed by atoms with Gasteiger partial charge in [0.25, 0.3) is 5.69 Å². The first-order chi connectivity index (χ1) is 11.6. The van der Waals surface area contributed by atoms with Crippen molar-refractivity contribution in [3.63, 3.8) is 0 Å². The molecule has 0 atom stereocenters. The maximum atomic E-state index is 12.6. The smallest absolute Gasteiger partial charge is 0.325 e. The van der Waals surface area contributed by atoms with E-state index in [2.05, 4.69) is 10.4 Å². The number of non-ortho nitro benzene ring substituents is 1. The number of carbonyl (C=O) groups is 1. The standard InChI is InChI=1S/C14H12ClF3N4O3/c1-8-6-12(14(16,17)18)20-21(8)5-4-13(23)19-11-7-9(22(24)25)2-3-10(11)15/h2-3,6-7H,4-5H2,1H3,(H,19,23). The highest BCUT2D eigenvalue weighted by atomic mass is 35.5. The summed E-state index contributed by atoms with van der Waals surface area (Å²) in [6.07, 6.45) is -4.74. The molecule has 1 heterocycles.